The van der Waals surface area contributed by atoms with Gasteiger partial charge in [0.2, 0.25) is 0 Å². The van der Waals surface area contributed by atoms with Crippen LogP contribution in [0.2, 0.25) is 0 Å². The molecule has 82 valence electrons. The standard InChI is InChI=1S/C12H22OS/c1-4-7-8-9-10-11(5-2)12(13)14-6-3/h5,11H,2,4,6-10H2,1,3H3. The van der Waals surface area contributed by atoms with Crippen molar-refractivity contribution in [2.24, 2.45) is 5.92 Å². The SMILES string of the molecule is C=CC(CCCCCC)C(=O)SCC. The van der Waals surface area contributed by atoms with Gasteiger partial charge in [-0.15, -0.1) is 6.58 Å². The number of allylic oxidation sites excluding steroid dienone is 1. The van der Waals surface area contributed by atoms with E-state index in [9.17, 15) is 4.79 Å². The van der Waals surface area contributed by atoms with Crippen LogP contribution in [0.3, 0.4) is 0 Å². The highest BCUT2D eigenvalue weighted by Gasteiger charge is 2.13. The van der Waals surface area contributed by atoms with Crippen molar-refractivity contribution in [1.82, 2.24) is 0 Å². The van der Waals surface area contributed by atoms with E-state index in [2.05, 4.69) is 13.5 Å². The summed E-state index contributed by atoms with van der Waals surface area (Å²) in [6.45, 7) is 7.94. The molecule has 0 saturated heterocycles. The molecule has 0 aliphatic heterocycles. The van der Waals surface area contributed by atoms with E-state index >= 15 is 0 Å². The molecule has 0 saturated carbocycles. The molecule has 0 amide bonds. The van der Waals surface area contributed by atoms with Crippen LogP contribution in [0.1, 0.15) is 46.0 Å². The lowest BCUT2D eigenvalue weighted by Crippen LogP contribution is -2.08. The summed E-state index contributed by atoms with van der Waals surface area (Å²) in [4.78, 5) is 11.5. The first kappa shape index (κ1) is 13.8. The van der Waals surface area contributed by atoms with Crippen LogP contribution in [0.25, 0.3) is 0 Å². The highest BCUT2D eigenvalue weighted by atomic mass is 32.2. The van der Waals surface area contributed by atoms with Crippen LogP contribution in [0.15, 0.2) is 12.7 Å². The maximum atomic E-state index is 11.5. The predicted molar refractivity (Wildman–Crippen MR) is 65.6 cm³/mol. The summed E-state index contributed by atoms with van der Waals surface area (Å²) in [7, 11) is 0. The minimum atomic E-state index is 0.0804. The summed E-state index contributed by atoms with van der Waals surface area (Å²) < 4.78 is 0. The fourth-order valence-electron chi connectivity index (χ4n) is 1.37. The molecule has 1 atom stereocenters. The van der Waals surface area contributed by atoms with Gasteiger partial charge in [0.1, 0.15) is 0 Å². The van der Waals surface area contributed by atoms with Crippen LogP contribution >= 0.6 is 11.8 Å². The van der Waals surface area contributed by atoms with Gasteiger partial charge >= 0.3 is 0 Å². The lowest BCUT2D eigenvalue weighted by atomic mass is 10.0. The van der Waals surface area contributed by atoms with Gasteiger partial charge in [-0.25, -0.2) is 0 Å². The van der Waals surface area contributed by atoms with Crippen molar-refractivity contribution in [3.63, 3.8) is 0 Å². The first-order valence-electron chi connectivity index (χ1n) is 5.55. The number of carbonyl (C=O) groups is 1. The Hall–Kier alpha value is -0.240. The van der Waals surface area contributed by atoms with Crippen LogP contribution in [0.5, 0.6) is 0 Å². The average molecular weight is 214 g/mol. The van der Waals surface area contributed by atoms with E-state index in [-0.39, 0.29) is 5.92 Å². The fraction of sp³-hybridized carbons (Fsp3) is 0.750. The molecule has 0 aliphatic carbocycles. The molecule has 0 N–H and O–H groups in total. The average Bonchev–Trinajstić information content (AvgIpc) is 2.18. The van der Waals surface area contributed by atoms with E-state index in [1.165, 1.54) is 31.0 Å². The Labute approximate surface area is 92.3 Å². The summed E-state index contributed by atoms with van der Waals surface area (Å²) in [5, 5.41) is 0.291. The van der Waals surface area contributed by atoms with Crippen molar-refractivity contribution in [3.8, 4) is 0 Å². The van der Waals surface area contributed by atoms with E-state index in [0.717, 1.165) is 18.6 Å². The van der Waals surface area contributed by atoms with Gasteiger partial charge in [-0.3, -0.25) is 4.79 Å². The smallest absolute Gasteiger partial charge is 0.195 e. The zero-order chi connectivity index (χ0) is 10.8. The van der Waals surface area contributed by atoms with Crippen molar-refractivity contribution in [2.45, 2.75) is 46.0 Å². The van der Waals surface area contributed by atoms with Crippen LogP contribution in [0.4, 0.5) is 0 Å². The molecule has 0 spiro atoms. The monoisotopic (exact) mass is 214 g/mol. The summed E-state index contributed by atoms with van der Waals surface area (Å²) >= 11 is 1.42. The fourth-order valence-corrected chi connectivity index (χ4v) is 2.08. The highest BCUT2D eigenvalue weighted by molar-refractivity contribution is 8.13. The molecule has 2 heteroatoms. The second-order valence-corrected chi connectivity index (χ2v) is 4.71. The minimum absolute atomic E-state index is 0.0804. The van der Waals surface area contributed by atoms with E-state index in [1.807, 2.05) is 6.92 Å². The highest BCUT2D eigenvalue weighted by Crippen LogP contribution is 2.18. The number of hydrogen-bond donors (Lipinski definition) is 0. The number of carbonyl (C=O) groups excluding carboxylic acids is 1. The Morgan fingerprint density at radius 3 is 2.57 bits per heavy atom. The van der Waals surface area contributed by atoms with Crippen LogP contribution in [-0.4, -0.2) is 10.9 Å². The predicted octanol–water partition coefficient (Wildman–Crippen LogP) is 4.04. The second-order valence-electron chi connectivity index (χ2n) is 3.44. The number of hydrogen-bond acceptors (Lipinski definition) is 2. The van der Waals surface area contributed by atoms with Crippen molar-refractivity contribution in [3.05, 3.63) is 12.7 Å². The van der Waals surface area contributed by atoms with Crippen LogP contribution < -0.4 is 0 Å². The molecule has 1 unspecified atom stereocenters. The normalized spacial score (nSPS) is 12.4. The molecule has 14 heavy (non-hydrogen) atoms. The Kier molecular flexibility index (Phi) is 9.16. The van der Waals surface area contributed by atoms with Gasteiger partial charge in [-0.05, 0) is 12.2 Å². The maximum Gasteiger partial charge on any atom is 0.195 e. The molecule has 0 aliphatic rings. The molecule has 0 aromatic rings. The third-order valence-corrected chi connectivity index (χ3v) is 3.12. The van der Waals surface area contributed by atoms with Crippen molar-refractivity contribution < 1.29 is 4.79 Å². The lowest BCUT2D eigenvalue weighted by Gasteiger charge is -2.09. The molecule has 0 aromatic heterocycles. The summed E-state index contributed by atoms with van der Waals surface area (Å²) in [6, 6.07) is 0. The molecule has 0 fully saturated rings. The molecule has 0 radical (unpaired) electrons. The Balaban J connectivity index is 3.67. The van der Waals surface area contributed by atoms with E-state index in [0.29, 0.717) is 5.12 Å². The van der Waals surface area contributed by atoms with Crippen molar-refractivity contribution in [2.75, 3.05) is 5.75 Å². The quantitative estimate of drug-likeness (QED) is 0.448. The van der Waals surface area contributed by atoms with Crippen molar-refractivity contribution in [1.29, 1.82) is 0 Å². The van der Waals surface area contributed by atoms with E-state index in [1.54, 1.807) is 6.08 Å². The van der Waals surface area contributed by atoms with Gasteiger partial charge in [0.05, 0.1) is 0 Å². The minimum Gasteiger partial charge on any atom is -0.287 e. The second kappa shape index (κ2) is 9.32. The summed E-state index contributed by atoms with van der Waals surface area (Å²) in [6.07, 6.45) is 7.70. The largest absolute Gasteiger partial charge is 0.287 e. The van der Waals surface area contributed by atoms with Gasteiger partial charge in [0.25, 0.3) is 0 Å². The molecule has 0 bridgehead atoms. The van der Waals surface area contributed by atoms with Gasteiger partial charge in [-0.1, -0.05) is 57.4 Å². The van der Waals surface area contributed by atoms with Crippen molar-refractivity contribution >= 4 is 16.9 Å². The van der Waals surface area contributed by atoms with Crippen LogP contribution in [0, 0.1) is 5.92 Å². The van der Waals surface area contributed by atoms with Gasteiger partial charge in [0.15, 0.2) is 5.12 Å². The number of rotatable bonds is 8. The zero-order valence-electron chi connectivity index (χ0n) is 9.42. The Morgan fingerprint density at radius 2 is 2.07 bits per heavy atom. The third kappa shape index (κ3) is 6.25. The lowest BCUT2D eigenvalue weighted by molar-refractivity contribution is -0.113. The first-order valence-corrected chi connectivity index (χ1v) is 6.54. The van der Waals surface area contributed by atoms with Gasteiger partial charge in [-0.2, -0.15) is 0 Å². The molecular formula is C12H22OS. The van der Waals surface area contributed by atoms with E-state index in [4.69, 9.17) is 0 Å². The number of unbranched alkanes of at least 4 members (excludes halogenated alkanes) is 3. The van der Waals surface area contributed by atoms with Crippen LogP contribution in [-0.2, 0) is 4.79 Å². The van der Waals surface area contributed by atoms with Gasteiger partial charge in [0, 0.05) is 5.92 Å². The number of thioether (sulfide) groups is 1. The third-order valence-electron chi connectivity index (χ3n) is 2.24. The van der Waals surface area contributed by atoms with Gasteiger partial charge < -0.3 is 0 Å². The molecule has 0 rings (SSSR count). The summed E-state index contributed by atoms with van der Waals surface area (Å²) in [5.74, 6) is 0.954. The molecule has 0 heterocycles. The molecule has 0 aromatic carbocycles. The Morgan fingerprint density at radius 1 is 1.36 bits per heavy atom. The zero-order valence-corrected chi connectivity index (χ0v) is 10.2. The van der Waals surface area contributed by atoms with E-state index < -0.39 is 0 Å². The molecule has 1 nitrogen and oxygen atoms in total. The maximum absolute atomic E-state index is 11.5. The molecular weight excluding hydrogens is 192 g/mol. The summed E-state index contributed by atoms with van der Waals surface area (Å²) in [5.41, 5.74) is 0. The first-order chi connectivity index (χ1) is 6.76. The topological polar surface area (TPSA) is 17.1 Å². The Bertz CT molecular complexity index is 166.